The van der Waals surface area contributed by atoms with Crippen molar-refractivity contribution in [1.29, 1.82) is 0 Å². The van der Waals surface area contributed by atoms with E-state index in [4.69, 9.17) is 0 Å². The van der Waals surface area contributed by atoms with Crippen molar-refractivity contribution in [2.75, 3.05) is 5.32 Å². The number of benzene rings is 4. The molecule has 0 fully saturated rings. The van der Waals surface area contributed by atoms with Crippen LogP contribution in [0.15, 0.2) is 109 Å². The normalized spacial score (nSPS) is 10.9. The van der Waals surface area contributed by atoms with Crippen LogP contribution in [0.5, 0.6) is 0 Å². The molecule has 0 aliphatic carbocycles. The van der Waals surface area contributed by atoms with Gasteiger partial charge in [-0.15, -0.1) is 0 Å². The minimum absolute atomic E-state index is 0.244. The van der Waals surface area contributed by atoms with E-state index in [2.05, 4.69) is 40.3 Å². The van der Waals surface area contributed by atoms with Gasteiger partial charge in [-0.05, 0) is 53.1 Å². The lowest BCUT2D eigenvalue weighted by Crippen LogP contribution is -2.03. The number of nitrogens with one attached hydrogen (secondary N) is 1. The molecule has 156 valence electrons. The molecule has 0 amide bonds. The Morgan fingerprint density at radius 1 is 0.781 bits per heavy atom. The van der Waals surface area contributed by atoms with Crippen molar-refractivity contribution in [2.45, 2.75) is 6.54 Å². The van der Waals surface area contributed by atoms with Gasteiger partial charge in [0.15, 0.2) is 0 Å². The Morgan fingerprint density at radius 2 is 1.53 bits per heavy atom. The second-order valence-corrected chi connectivity index (χ2v) is 7.76. The first-order valence-electron chi connectivity index (χ1n) is 10.5. The molecule has 4 aromatic carbocycles. The van der Waals surface area contributed by atoms with Crippen LogP contribution in [0.1, 0.15) is 15.9 Å². The van der Waals surface area contributed by atoms with Gasteiger partial charge in [-0.25, -0.2) is 4.79 Å². The maximum atomic E-state index is 11.9. The highest BCUT2D eigenvalue weighted by molar-refractivity contribution is 5.97. The second kappa shape index (κ2) is 8.44. The molecule has 5 aromatic rings. The van der Waals surface area contributed by atoms with Crippen molar-refractivity contribution < 1.29 is 9.90 Å². The van der Waals surface area contributed by atoms with E-state index in [-0.39, 0.29) is 5.56 Å². The maximum Gasteiger partial charge on any atom is 0.337 e. The quantitative estimate of drug-likeness (QED) is 0.319. The van der Waals surface area contributed by atoms with E-state index < -0.39 is 5.97 Å². The number of rotatable bonds is 6. The summed E-state index contributed by atoms with van der Waals surface area (Å²) in [6.45, 7) is 0.807. The summed E-state index contributed by atoms with van der Waals surface area (Å²) in [4.78, 5) is 11.9. The van der Waals surface area contributed by atoms with Gasteiger partial charge in [-0.1, -0.05) is 66.7 Å². The van der Waals surface area contributed by atoms with Gasteiger partial charge in [0.2, 0.25) is 0 Å². The number of fused-ring (bicyclic) bond motifs is 1. The third-order valence-electron chi connectivity index (χ3n) is 5.60. The molecular formula is C28H22N2O2. The van der Waals surface area contributed by atoms with E-state index >= 15 is 0 Å². The molecular weight excluding hydrogens is 396 g/mol. The topological polar surface area (TPSA) is 54.3 Å². The Kier molecular flexibility index (Phi) is 5.18. The van der Waals surface area contributed by atoms with Crippen molar-refractivity contribution in [3.63, 3.8) is 0 Å². The number of anilines is 2. The molecule has 0 saturated carbocycles. The number of aromatic carboxylic acids is 1. The van der Waals surface area contributed by atoms with Gasteiger partial charge < -0.3 is 15.0 Å². The SMILES string of the molecule is O=C(O)c1cc(-c2ccccc2)ccc1Nc1ccc2c(ccn2Cc2ccccc2)c1. The highest BCUT2D eigenvalue weighted by Gasteiger charge is 2.13. The number of carbonyl (C=O) groups is 1. The van der Waals surface area contributed by atoms with Gasteiger partial charge in [0, 0.05) is 29.3 Å². The van der Waals surface area contributed by atoms with Crippen LogP contribution < -0.4 is 5.32 Å². The molecule has 2 N–H and O–H groups in total. The summed E-state index contributed by atoms with van der Waals surface area (Å²) in [6, 6.07) is 33.8. The lowest BCUT2D eigenvalue weighted by molar-refractivity contribution is 0.0698. The van der Waals surface area contributed by atoms with Crippen molar-refractivity contribution in [2.24, 2.45) is 0 Å². The smallest absolute Gasteiger partial charge is 0.337 e. The third-order valence-corrected chi connectivity index (χ3v) is 5.60. The molecule has 0 aliphatic heterocycles. The van der Waals surface area contributed by atoms with Crippen LogP contribution in [0.2, 0.25) is 0 Å². The summed E-state index contributed by atoms with van der Waals surface area (Å²) in [6.07, 6.45) is 2.08. The van der Waals surface area contributed by atoms with E-state index in [1.165, 1.54) is 5.56 Å². The number of nitrogens with zero attached hydrogens (tertiary/aromatic N) is 1. The average Bonchev–Trinajstić information content (AvgIpc) is 3.22. The molecule has 4 heteroatoms. The van der Waals surface area contributed by atoms with Crippen LogP contribution in [0.4, 0.5) is 11.4 Å². The van der Waals surface area contributed by atoms with E-state index in [1.54, 1.807) is 6.07 Å². The summed E-state index contributed by atoms with van der Waals surface area (Å²) in [5.74, 6) is -0.958. The summed E-state index contributed by atoms with van der Waals surface area (Å²) in [7, 11) is 0. The predicted molar refractivity (Wildman–Crippen MR) is 130 cm³/mol. The maximum absolute atomic E-state index is 11.9. The Balaban J connectivity index is 1.43. The van der Waals surface area contributed by atoms with E-state index in [1.807, 2.05) is 72.8 Å². The fourth-order valence-electron chi connectivity index (χ4n) is 3.99. The largest absolute Gasteiger partial charge is 0.478 e. The zero-order valence-corrected chi connectivity index (χ0v) is 17.4. The summed E-state index contributed by atoms with van der Waals surface area (Å²) in [5, 5.41) is 14.2. The summed E-state index contributed by atoms with van der Waals surface area (Å²) >= 11 is 0. The zero-order valence-electron chi connectivity index (χ0n) is 17.4. The van der Waals surface area contributed by atoms with Crippen molar-refractivity contribution >= 4 is 28.2 Å². The molecule has 0 bridgehead atoms. The van der Waals surface area contributed by atoms with Crippen molar-refractivity contribution in [1.82, 2.24) is 4.57 Å². The fraction of sp³-hybridized carbons (Fsp3) is 0.0357. The minimum Gasteiger partial charge on any atom is -0.478 e. The standard InChI is InChI=1S/C28H22N2O2/c31-28(32)25-18-22(21-9-5-2-6-10-21)11-13-26(25)29-24-12-14-27-23(17-24)15-16-30(27)19-20-7-3-1-4-8-20/h1-18,29H,19H2,(H,31,32). The first-order valence-corrected chi connectivity index (χ1v) is 10.5. The van der Waals surface area contributed by atoms with Gasteiger partial charge in [0.05, 0.1) is 11.3 Å². The lowest BCUT2D eigenvalue weighted by atomic mass is 10.0. The van der Waals surface area contributed by atoms with E-state index in [9.17, 15) is 9.90 Å². The van der Waals surface area contributed by atoms with Gasteiger partial charge in [0.25, 0.3) is 0 Å². The molecule has 0 atom stereocenters. The molecule has 4 nitrogen and oxygen atoms in total. The van der Waals surface area contributed by atoms with Crippen molar-refractivity contribution in [3.05, 3.63) is 120 Å². The molecule has 0 radical (unpaired) electrons. The Bertz CT molecular complexity index is 1390. The lowest BCUT2D eigenvalue weighted by Gasteiger charge is -2.12. The molecule has 0 unspecified atom stereocenters. The van der Waals surface area contributed by atoms with Crippen molar-refractivity contribution in [3.8, 4) is 11.1 Å². The second-order valence-electron chi connectivity index (χ2n) is 7.76. The third kappa shape index (κ3) is 3.98. The fourth-order valence-corrected chi connectivity index (χ4v) is 3.99. The van der Waals surface area contributed by atoms with Crippen LogP contribution >= 0.6 is 0 Å². The predicted octanol–water partition coefficient (Wildman–Crippen LogP) is 6.80. The number of carboxylic acid groups (broad SMARTS) is 1. The van der Waals surface area contributed by atoms with Gasteiger partial charge in [-0.3, -0.25) is 0 Å². The molecule has 1 heterocycles. The van der Waals surface area contributed by atoms with Crippen LogP contribution in [-0.4, -0.2) is 15.6 Å². The molecule has 0 spiro atoms. The minimum atomic E-state index is -0.958. The van der Waals surface area contributed by atoms with Gasteiger partial charge in [-0.2, -0.15) is 0 Å². The number of aromatic nitrogens is 1. The van der Waals surface area contributed by atoms with Gasteiger partial charge >= 0.3 is 5.97 Å². The Morgan fingerprint density at radius 3 is 2.28 bits per heavy atom. The Labute approximate surface area is 186 Å². The molecule has 32 heavy (non-hydrogen) atoms. The zero-order chi connectivity index (χ0) is 21.9. The highest BCUT2D eigenvalue weighted by atomic mass is 16.4. The van der Waals surface area contributed by atoms with Crippen LogP contribution in [0.25, 0.3) is 22.0 Å². The monoisotopic (exact) mass is 418 g/mol. The average molecular weight is 418 g/mol. The first-order chi connectivity index (χ1) is 15.7. The molecule has 0 aliphatic rings. The van der Waals surface area contributed by atoms with Gasteiger partial charge in [0.1, 0.15) is 0 Å². The summed E-state index contributed by atoms with van der Waals surface area (Å²) in [5.41, 5.74) is 5.91. The number of hydrogen-bond donors (Lipinski definition) is 2. The first kappa shape index (κ1) is 19.6. The molecule has 5 rings (SSSR count). The molecule has 0 saturated heterocycles. The van der Waals surface area contributed by atoms with E-state index in [0.29, 0.717) is 5.69 Å². The molecule has 1 aromatic heterocycles. The number of carboxylic acids is 1. The summed E-state index contributed by atoms with van der Waals surface area (Å²) < 4.78 is 2.21. The van der Waals surface area contributed by atoms with Crippen LogP contribution in [0.3, 0.4) is 0 Å². The highest BCUT2D eigenvalue weighted by Crippen LogP contribution is 2.29. The Hall–Kier alpha value is -4.31. The number of hydrogen-bond acceptors (Lipinski definition) is 2. The van der Waals surface area contributed by atoms with Crippen LogP contribution in [0, 0.1) is 0 Å². The van der Waals surface area contributed by atoms with E-state index in [0.717, 1.165) is 34.3 Å². The van der Waals surface area contributed by atoms with Crippen LogP contribution in [-0.2, 0) is 6.54 Å².